The van der Waals surface area contributed by atoms with E-state index in [1.807, 2.05) is 4.90 Å². The van der Waals surface area contributed by atoms with Gasteiger partial charge >= 0.3 is 0 Å². The van der Waals surface area contributed by atoms with Crippen molar-refractivity contribution in [2.75, 3.05) is 39.3 Å². The van der Waals surface area contributed by atoms with Crippen molar-refractivity contribution in [2.45, 2.75) is 50.8 Å². The van der Waals surface area contributed by atoms with Crippen molar-refractivity contribution in [3.63, 3.8) is 0 Å². The Kier molecular flexibility index (Phi) is 3.97. The van der Waals surface area contributed by atoms with Crippen LogP contribution in [0.15, 0.2) is 0 Å². The van der Waals surface area contributed by atoms with E-state index < -0.39 is 15.4 Å². The molecule has 4 rings (SSSR count). The molecule has 1 amide bonds. The molecule has 0 bridgehead atoms. The highest BCUT2D eigenvalue weighted by Gasteiger charge is 2.61. The second-order valence-electron chi connectivity index (χ2n) is 8.41. The van der Waals surface area contributed by atoms with Crippen molar-refractivity contribution < 1.29 is 13.2 Å². The van der Waals surface area contributed by atoms with Gasteiger partial charge in [-0.1, -0.05) is 0 Å². The van der Waals surface area contributed by atoms with E-state index in [0.717, 1.165) is 45.3 Å². The van der Waals surface area contributed by atoms with Gasteiger partial charge in [0, 0.05) is 51.2 Å². The van der Waals surface area contributed by atoms with Crippen LogP contribution in [0.5, 0.6) is 0 Å². The fraction of sp³-hybridized carbons (Fsp3) is 0.941. The van der Waals surface area contributed by atoms with E-state index in [2.05, 4.69) is 18.7 Å². The van der Waals surface area contributed by atoms with Crippen molar-refractivity contribution in [1.82, 2.24) is 14.1 Å². The lowest BCUT2D eigenvalue weighted by molar-refractivity contribution is -0.141. The molecular formula is C17H29N3O3S. The summed E-state index contributed by atoms with van der Waals surface area (Å²) in [6.45, 7) is 8.47. The highest BCUT2D eigenvalue weighted by molar-refractivity contribution is 7.90. The van der Waals surface area contributed by atoms with Gasteiger partial charge in [0.2, 0.25) is 15.9 Å². The first-order chi connectivity index (χ1) is 11.3. The number of fused-ring (bicyclic) bond motifs is 1. The van der Waals surface area contributed by atoms with Crippen LogP contribution in [0.4, 0.5) is 0 Å². The molecule has 0 aromatic rings. The largest absolute Gasteiger partial charge is 0.342 e. The standard InChI is InChI=1S/C17H29N3O3S/c1-13(2)19-9-14-10-20(24(22,23)15-5-6-15)12-17(14,11-19)16(21)18-7-3-4-8-18/h13-15H,3-12H2,1-2H3/t14-,17-/m0/s1. The Morgan fingerprint density at radius 1 is 1.08 bits per heavy atom. The quantitative estimate of drug-likeness (QED) is 0.746. The van der Waals surface area contributed by atoms with E-state index in [-0.39, 0.29) is 17.1 Å². The number of sulfonamides is 1. The maximum atomic E-state index is 13.4. The maximum absolute atomic E-state index is 13.4. The third-order valence-electron chi connectivity index (χ3n) is 6.46. The first-order valence-electron chi connectivity index (χ1n) is 9.37. The molecular weight excluding hydrogens is 326 g/mol. The maximum Gasteiger partial charge on any atom is 0.231 e. The monoisotopic (exact) mass is 355 g/mol. The molecule has 4 aliphatic rings. The Morgan fingerprint density at radius 2 is 1.75 bits per heavy atom. The summed E-state index contributed by atoms with van der Waals surface area (Å²) in [6, 6.07) is 0.396. The summed E-state index contributed by atoms with van der Waals surface area (Å²) in [4.78, 5) is 17.7. The zero-order valence-electron chi connectivity index (χ0n) is 14.8. The van der Waals surface area contributed by atoms with Crippen molar-refractivity contribution in [3.8, 4) is 0 Å². The predicted molar refractivity (Wildman–Crippen MR) is 92.0 cm³/mol. The summed E-state index contributed by atoms with van der Waals surface area (Å²) in [5, 5.41) is -0.184. The van der Waals surface area contributed by atoms with Crippen LogP contribution in [0.3, 0.4) is 0 Å². The first kappa shape index (κ1) is 16.8. The minimum Gasteiger partial charge on any atom is -0.342 e. The van der Waals surface area contributed by atoms with E-state index in [0.29, 0.717) is 25.7 Å². The average Bonchev–Trinajstić information content (AvgIpc) is 2.98. The molecule has 1 aliphatic carbocycles. The highest BCUT2D eigenvalue weighted by Crippen LogP contribution is 2.47. The molecule has 1 saturated carbocycles. The highest BCUT2D eigenvalue weighted by atomic mass is 32.2. The topological polar surface area (TPSA) is 60.9 Å². The van der Waals surface area contributed by atoms with Crippen LogP contribution < -0.4 is 0 Å². The zero-order valence-corrected chi connectivity index (χ0v) is 15.6. The van der Waals surface area contributed by atoms with Crippen molar-refractivity contribution >= 4 is 15.9 Å². The van der Waals surface area contributed by atoms with Crippen LogP contribution in [-0.4, -0.2) is 79.0 Å². The molecule has 0 spiro atoms. The molecule has 6 nitrogen and oxygen atoms in total. The molecule has 0 aromatic heterocycles. The van der Waals surface area contributed by atoms with Crippen molar-refractivity contribution in [2.24, 2.45) is 11.3 Å². The number of carbonyl (C=O) groups is 1. The van der Waals surface area contributed by atoms with Gasteiger partial charge in [0.05, 0.1) is 10.7 Å². The molecule has 2 atom stereocenters. The number of nitrogens with zero attached hydrogens (tertiary/aromatic N) is 3. The SMILES string of the molecule is CC(C)N1C[C@H]2CN(S(=O)(=O)C3CC3)C[C@@]2(C(=O)N2CCCC2)C1. The van der Waals surface area contributed by atoms with Crippen LogP contribution in [0.25, 0.3) is 0 Å². The van der Waals surface area contributed by atoms with Gasteiger partial charge in [0.25, 0.3) is 0 Å². The molecule has 24 heavy (non-hydrogen) atoms. The first-order valence-corrected chi connectivity index (χ1v) is 10.9. The van der Waals surface area contributed by atoms with Crippen LogP contribution in [0.2, 0.25) is 0 Å². The zero-order chi connectivity index (χ0) is 17.1. The summed E-state index contributed by atoms with van der Waals surface area (Å²) in [6.07, 6.45) is 3.72. The molecule has 0 aromatic carbocycles. The Morgan fingerprint density at radius 3 is 2.33 bits per heavy atom. The molecule has 4 fully saturated rings. The van der Waals surface area contributed by atoms with Gasteiger partial charge in [-0.15, -0.1) is 0 Å². The molecule has 0 N–H and O–H groups in total. The van der Waals surface area contributed by atoms with Crippen LogP contribution >= 0.6 is 0 Å². The van der Waals surface area contributed by atoms with E-state index in [9.17, 15) is 13.2 Å². The normalized spacial score (nSPS) is 35.1. The third kappa shape index (κ3) is 2.51. The van der Waals surface area contributed by atoms with Gasteiger partial charge < -0.3 is 4.90 Å². The number of hydrogen-bond acceptors (Lipinski definition) is 4. The summed E-state index contributed by atoms with van der Waals surface area (Å²) in [7, 11) is -3.20. The molecule has 0 radical (unpaired) electrons. The van der Waals surface area contributed by atoms with Gasteiger partial charge in [-0.3, -0.25) is 9.69 Å². The lowest BCUT2D eigenvalue weighted by atomic mass is 9.79. The summed E-state index contributed by atoms with van der Waals surface area (Å²) >= 11 is 0. The van der Waals surface area contributed by atoms with E-state index in [4.69, 9.17) is 0 Å². The lowest BCUT2D eigenvalue weighted by Gasteiger charge is -2.33. The van der Waals surface area contributed by atoms with E-state index in [1.54, 1.807) is 4.31 Å². The minimum atomic E-state index is -3.20. The van der Waals surface area contributed by atoms with E-state index in [1.165, 1.54) is 0 Å². The Balaban J connectivity index is 1.62. The van der Waals surface area contributed by atoms with E-state index >= 15 is 0 Å². The molecule has 136 valence electrons. The minimum absolute atomic E-state index is 0.140. The van der Waals surface area contributed by atoms with Crippen molar-refractivity contribution in [3.05, 3.63) is 0 Å². The van der Waals surface area contributed by atoms with Gasteiger partial charge in [-0.05, 0) is 39.5 Å². The van der Waals surface area contributed by atoms with Crippen LogP contribution in [0.1, 0.15) is 39.5 Å². The number of carbonyl (C=O) groups excluding carboxylic acids is 1. The fourth-order valence-corrected chi connectivity index (χ4v) is 6.71. The summed E-state index contributed by atoms with van der Waals surface area (Å²) in [5.74, 6) is 0.350. The summed E-state index contributed by atoms with van der Waals surface area (Å²) in [5.41, 5.74) is -0.517. The van der Waals surface area contributed by atoms with Crippen LogP contribution in [-0.2, 0) is 14.8 Å². The average molecular weight is 356 g/mol. The van der Waals surface area contributed by atoms with Crippen LogP contribution in [0, 0.1) is 11.3 Å². The molecule has 3 aliphatic heterocycles. The van der Waals surface area contributed by atoms with Gasteiger partial charge in [0.15, 0.2) is 0 Å². The second-order valence-corrected chi connectivity index (χ2v) is 10.6. The number of hydrogen-bond donors (Lipinski definition) is 0. The Hall–Kier alpha value is -0.660. The predicted octanol–water partition coefficient (Wildman–Crippen LogP) is 0.743. The lowest BCUT2D eigenvalue weighted by Crippen LogP contribution is -2.49. The number of rotatable bonds is 4. The molecule has 3 heterocycles. The Bertz CT molecular complexity index is 625. The fourth-order valence-electron chi connectivity index (χ4n) is 4.76. The van der Waals surface area contributed by atoms with Crippen molar-refractivity contribution in [1.29, 1.82) is 0 Å². The number of amides is 1. The smallest absolute Gasteiger partial charge is 0.231 e. The Labute approximate surface area is 145 Å². The van der Waals surface area contributed by atoms with Gasteiger partial charge in [0.1, 0.15) is 0 Å². The molecule has 7 heteroatoms. The molecule has 0 unspecified atom stereocenters. The summed E-state index contributed by atoms with van der Waals surface area (Å²) < 4.78 is 27.1. The van der Waals surface area contributed by atoms with Gasteiger partial charge in [-0.2, -0.15) is 0 Å². The molecule has 3 saturated heterocycles. The van der Waals surface area contributed by atoms with Gasteiger partial charge in [-0.25, -0.2) is 12.7 Å². The third-order valence-corrected chi connectivity index (χ3v) is 8.77. The number of likely N-dealkylation sites (tertiary alicyclic amines) is 2. The second kappa shape index (κ2) is 5.68.